The highest BCUT2D eigenvalue weighted by molar-refractivity contribution is 6.11. The molecule has 242 valence electrons. The molecule has 5 heteroatoms. The third kappa shape index (κ3) is 4.71. The van der Waals surface area contributed by atoms with Crippen molar-refractivity contribution >= 4 is 21.9 Å². The fraction of sp³-hybridized carbons (Fsp3) is 0.130. The van der Waals surface area contributed by atoms with Gasteiger partial charge in [0.2, 0.25) is 0 Å². The van der Waals surface area contributed by atoms with E-state index in [-0.39, 0.29) is 5.41 Å². The molecule has 0 N–H and O–H groups in total. The van der Waals surface area contributed by atoms with Crippen molar-refractivity contribution in [2.24, 2.45) is 0 Å². The topological polar surface area (TPSA) is 75.6 Å². The molecule has 1 fully saturated rings. The summed E-state index contributed by atoms with van der Waals surface area (Å²) in [5, 5.41) is 11.7. The van der Waals surface area contributed by atoms with E-state index in [2.05, 4.69) is 72.8 Å². The van der Waals surface area contributed by atoms with Crippen molar-refractivity contribution in [1.29, 1.82) is 5.26 Å². The number of furan rings is 1. The second-order valence-electron chi connectivity index (χ2n) is 13.8. The van der Waals surface area contributed by atoms with Gasteiger partial charge in [-0.2, -0.15) is 5.26 Å². The highest BCUT2D eigenvalue weighted by atomic mass is 16.3. The van der Waals surface area contributed by atoms with Crippen LogP contribution in [-0.2, 0) is 5.41 Å². The van der Waals surface area contributed by atoms with E-state index >= 15 is 0 Å². The van der Waals surface area contributed by atoms with Crippen molar-refractivity contribution in [2.45, 2.75) is 37.5 Å². The van der Waals surface area contributed by atoms with Crippen molar-refractivity contribution < 1.29 is 4.42 Å². The van der Waals surface area contributed by atoms with Gasteiger partial charge in [-0.25, -0.2) is 15.0 Å². The summed E-state index contributed by atoms with van der Waals surface area (Å²) in [7, 11) is 0. The van der Waals surface area contributed by atoms with E-state index in [1.165, 1.54) is 47.1 Å². The van der Waals surface area contributed by atoms with Gasteiger partial charge in [-0.1, -0.05) is 116 Å². The molecule has 10 rings (SSSR count). The van der Waals surface area contributed by atoms with Crippen molar-refractivity contribution in [2.75, 3.05) is 0 Å². The Morgan fingerprint density at radius 3 is 2.08 bits per heavy atom. The monoisotopic (exact) mass is 656 g/mol. The largest absolute Gasteiger partial charge is 0.456 e. The first kappa shape index (κ1) is 29.5. The van der Waals surface area contributed by atoms with Gasteiger partial charge in [0.25, 0.3) is 0 Å². The number of nitrogens with zero attached hydrogens (tertiary/aromatic N) is 4. The van der Waals surface area contributed by atoms with E-state index < -0.39 is 0 Å². The average molecular weight is 657 g/mol. The van der Waals surface area contributed by atoms with Crippen molar-refractivity contribution in [3.63, 3.8) is 0 Å². The van der Waals surface area contributed by atoms with Crippen molar-refractivity contribution in [1.82, 2.24) is 15.0 Å². The molecule has 2 aliphatic rings. The fourth-order valence-electron chi connectivity index (χ4n) is 8.59. The van der Waals surface area contributed by atoms with Gasteiger partial charge in [0.05, 0.1) is 11.6 Å². The average Bonchev–Trinajstić information content (AvgIpc) is 3.71. The molecule has 51 heavy (non-hydrogen) atoms. The summed E-state index contributed by atoms with van der Waals surface area (Å²) in [6.45, 7) is 0. The maximum absolute atomic E-state index is 9.71. The lowest BCUT2D eigenvalue weighted by Gasteiger charge is -2.36. The van der Waals surface area contributed by atoms with Crippen molar-refractivity contribution in [3.05, 3.63) is 150 Å². The molecule has 0 radical (unpaired) electrons. The Bertz CT molecular complexity index is 2700. The zero-order chi connectivity index (χ0) is 33.9. The molecular formula is C46H32N4O. The van der Waals surface area contributed by atoms with Crippen LogP contribution in [0.4, 0.5) is 0 Å². The molecule has 0 unspecified atom stereocenters. The first-order valence-corrected chi connectivity index (χ1v) is 17.7. The highest BCUT2D eigenvalue weighted by Gasteiger charge is 2.43. The predicted octanol–water partition coefficient (Wildman–Crippen LogP) is 11.5. The summed E-state index contributed by atoms with van der Waals surface area (Å²) in [5.74, 6) is 1.84. The van der Waals surface area contributed by atoms with E-state index in [9.17, 15) is 5.26 Å². The third-order valence-electron chi connectivity index (χ3n) is 11.0. The summed E-state index contributed by atoms with van der Waals surface area (Å²) >= 11 is 0. The minimum absolute atomic E-state index is 0.00348. The van der Waals surface area contributed by atoms with E-state index in [0.29, 0.717) is 23.0 Å². The van der Waals surface area contributed by atoms with Crippen LogP contribution >= 0.6 is 0 Å². The van der Waals surface area contributed by atoms with Crippen LogP contribution in [0.15, 0.2) is 138 Å². The first-order chi connectivity index (χ1) is 25.2. The fourth-order valence-corrected chi connectivity index (χ4v) is 8.59. The minimum atomic E-state index is -0.00348. The zero-order valence-corrected chi connectivity index (χ0v) is 27.9. The summed E-state index contributed by atoms with van der Waals surface area (Å²) in [4.78, 5) is 15.3. The first-order valence-electron chi connectivity index (χ1n) is 17.7. The lowest BCUT2D eigenvalue weighted by atomic mass is 9.67. The normalized spacial score (nSPS) is 14.4. The molecule has 2 aliphatic carbocycles. The van der Waals surface area contributed by atoms with E-state index in [1.807, 2.05) is 66.7 Å². The molecule has 2 aromatic heterocycles. The lowest BCUT2D eigenvalue weighted by molar-refractivity contribution is 0.353. The Kier molecular flexibility index (Phi) is 6.72. The Balaban J connectivity index is 1.12. The van der Waals surface area contributed by atoms with Gasteiger partial charge in [0.1, 0.15) is 11.2 Å². The van der Waals surface area contributed by atoms with Crippen LogP contribution in [0.2, 0.25) is 0 Å². The molecule has 6 aromatic carbocycles. The molecule has 0 bridgehead atoms. The van der Waals surface area contributed by atoms with E-state index in [4.69, 9.17) is 19.4 Å². The van der Waals surface area contributed by atoms with Crippen LogP contribution in [0.25, 0.3) is 78.4 Å². The van der Waals surface area contributed by atoms with Crippen LogP contribution in [0, 0.1) is 11.3 Å². The molecular weight excluding hydrogens is 625 g/mol. The molecule has 0 amide bonds. The van der Waals surface area contributed by atoms with Crippen LogP contribution in [-0.4, -0.2) is 15.0 Å². The van der Waals surface area contributed by atoms with E-state index in [0.717, 1.165) is 57.0 Å². The summed E-state index contributed by atoms with van der Waals surface area (Å²) in [6.07, 6.45) is 5.97. The number of nitriles is 1. The van der Waals surface area contributed by atoms with Gasteiger partial charge < -0.3 is 4.42 Å². The van der Waals surface area contributed by atoms with Gasteiger partial charge in [-0.05, 0) is 82.6 Å². The number of aromatic nitrogens is 3. The maximum atomic E-state index is 9.71. The Morgan fingerprint density at radius 1 is 0.510 bits per heavy atom. The summed E-state index contributed by atoms with van der Waals surface area (Å²) < 4.78 is 6.23. The van der Waals surface area contributed by atoms with Crippen LogP contribution in [0.3, 0.4) is 0 Å². The van der Waals surface area contributed by atoms with Gasteiger partial charge in [0, 0.05) is 32.9 Å². The SMILES string of the molecule is N#Cc1ccc2c(c1)-c1ccc(-c3cccc(-c4nc(-c5ccccc5)nc(-c5cccc6oc7ccccc7c56)n4)c3)cc1C21CCCCC1. The molecule has 1 saturated carbocycles. The number of benzene rings is 6. The quantitative estimate of drug-likeness (QED) is 0.188. The number of fused-ring (bicyclic) bond motifs is 8. The predicted molar refractivity (Wildman–Crippen MR) is 203 cm³/mol. The Hall–Kier alpha value is -6.38. The molecule has 5 nitrogen and oxygen atoms in total. The number of hydrogen-bond acceptors (Lipinski definition) is 5. The van der Waals surface area contributed by atoms with Crippen molar-refractivity contribution in [3.8, 4) is 62.5 Å². The Labute approximate surface area is 295 Å². The van der Waals surface area contributed by atoms with Crippen LogP contribution in [0.1, 0.15) is 48.8 Å². The number of rotatable bonds is 4. The minimum Gasteiger partial charge on any atom is -0.456 e. The molecule has 8 aromatic rings. The molecule has 2 heterocycles. The van der Waals surface area contributed by atoms with E-state index in [1.54, 1.807) is 0 Å². The molecule has 0 atom stereocenters. The summed E-state index contributed by atoms with van der Waals surface area (Å²) in [6, 6.07) is 48.4. The number of para-hydroxylation sites is 1. The lowest BCUT2D eigenvalue weighted by Crippen LogP contribution is -2.28. The second kappa shape index (κ2) is 11.6. The summed E-state index contributed by atoms with van der Waals surface area (Å²) in [5.41, 5.74) is 12.7. The van der Waals surface area contributed by atoms with Gasteiger partial charge in [-0.3, -0.25) is 0 Å². The number of hydrogen-bond donors (Lipinski definition) is 0. The third-order valence-corrected chi connectivity index (χ3v) is 11.0. The van der Waals surface area contributed by atoms with Crippen LogP contribution in [0.5, 0.6) is 0 Å². The maximum Gasteiger partial charge on any atom is 0.164 e. The van der Waals surface area contributed by atoms with Gasteiger partial charge in [-0.15, -0.1) is 0 Å². The standard InChI is InChI=1S/C46H32N4O/c47-28-29-19-22-38-37(25-29)34-21-20-32(27-39(34)46(38)23-7-2-8-24-46)31-13-9-14-33(26-31)44-48-43(30-11-3-1-4-12-30)49-45(50-44)36-16-10-18-41-42(36)35-15-5-6-17-40(35)51-41/h1,3-6,9-22,25-27H,2,7-8,23-24H2. The molecule has 1 spiro atoms. The molecule has 0 saturated heterocycles. The van der Waals surface area contributed by atoms with Gasteiger partial charge >= 0.3 is 0 Å². The van der Waals surface area contributed by atoms with Crippen LogP contribution < -0.4 is 0 Å². The Morgan fingerprint density at radius 2 is 1.22 bits per heavy atom. The van der Waals surface area contributed by atoms with Gasteiger partial charge in [0.15, 0.2) is 17.5 Å². The zero-order valence-electron chi connectivity index (χ0n) is 27.9. The molecule has 0 aliphatic heterocycles. The smallest absolute Gasteiger partial charge is 0.164 e. The second-order valence-corrected chi connectivity index (χ2v) is 13.8. The highest BCUT2D eigenvalue weighted by Crippen LogP contribution is 2.56.